The van der Waals surface area contributed by atoms with Crippen molar-refractivity contribution in [2.24, 2.45) is 0 Å². The molecule has 0 aliphatic carbocycles. The van der Waals surface area contributed by atoms with Crippen LogP contribution in [0.1, 0.15) is 11.1 Å². The van der Waals surface area contributed by atoms with Crippen molar-refractivity contribution in [1.82, 2.24) is 14.9 Å². The van der Waals surface area contributed by atoms with Crippen molar-refractivity contribution in [2.75, 3.05) is 12.5 Å². The number of benzene rings is 2. The Labute approximate surface area is 138 Å². The van der Waals surface area contributed by atoms with Crippen LogP contribution in [0.2, 0.25) is 0 Å². The quantitative estimate of drug-likeness (QED) is 0.722. The number of ether oxygens (including phenoxy) is 2. The van der Waals surface area contributed by atoms with Gasteiger partial charge in [0.05, 0.1) is 13.7 Å². The second kappa shape index (κ2) is 7.45. The Morgan fingerprint density at radius 1 is 1.08 bits per heavy atom. The van der Waals surface area contributed by atoms with Crippen LogP contribution in [0.4, 0.5) is 4.39 Å². The van der Waals surface area contributed by atoms with Crippen molar-refractivity contribution in [2.45, 2.75) is 13.2 Å². The molecule has 0 spiro atoms. The highest BCUT2D eigenvalue weighted by Crippen LogP contribution is 2.29. The van der Waals surface area contributed by atoms with E-state index in [0.29, 0.717) is 23.6 Å². The zero-order chi connectivity index (χ0) is 16.8. The maximum atomic E-state index is 13.6. The van der Waals surface area contributed by atoms with Crippen molar-refractivity contribution in [3.8, 4) is 11.5 Å². The Kier molecular flexibility index (Phi) is 4.90. The molecule has 0 amide bonds. The lowest BCUT2D eigenvalue weighted by Crippen LogP contribution is -2.12. The third-order valence-corrected chi connectivity index (χ3v) is 3.45. The fraction of sp³-hybridized carbons (Fsp3) is 0.176. The van der Waals surface area contributed by atoms with Gasteiger partial charge in [0, 0.05) is 5.56 Å². The number of aromatic nitrogens is 3. The van der Waals surface area contributed by atoms with Crippen molar-refractivity contribution in [3.63, 3.8) is 0 Å². The molecular formula is C17H17FN4O2. The Morgan fingerprint density at radius 2 is 1.88 bits per heavy atom. The van der Waals surface area contributed by atoms with Gasteiger partial charge in [-0.3, -0.25) is 0 Å². The molecule has 2 aromatic carbocycles. The van der Waals surface area contributed by atoms with Crippen LogP contribution >= 0.6 is 0 Å². The lowest BCUT2D eigenvalue weighted by molar-refractivity contribution is 0.279. The smallest absolute Gasteiger partial charge is 0.161 e. The first-order valence-corrected chi connectivity index (χ1v) is 7.38. The van der Waals surface area contributed by atoms with E-state index in [1.54, 1.807) is 42.6 Å². The molecule has 0 atom stereocenters. The standard InChI is InChI=1S/C17H17FN4O2/c1-23-17-8-13(9-21-22-11-19-20-12-22)6-7-16(17)24-10-14-4-2-3-5-15(14)18/h2-8,11-12,21H,9-10H2,1H3. The molecular weight excluding hydrogens is 311 g/mol. The molecule has 0 aliphatic rings. The highest BCUT2D eigenvalue weighted by molar-refractivity contribution is 5.43. The van der Waals surface area contributed by atoms with Gasteiger partial charge in [-0.25, -0.2) is 9.07 Å². The number of halogens is 1. The fourth-order valence-corrected chi connectivity index (χ4v) is 2.18. The number of nitrogens with one attached hydrogen (secondary N) is 1. The molecule has 0 aliphatic heterocycles. The first kappa shape index (κ1) is 15.8. The van der Waals surface area contributed by atoms with Crippen LogP contribution in [0.25, 0.3) is 0 Å². The minimum absolute atomic E-state index is 0.140. The predicted molar refractivity (Wildman–Crippen MR) is 86.8 cm³/mol. The van der Waals surface area contributed by atoms with Gasteiger partial charge in [-0.05, 0) is 23.8 Å². The minimum atomic E-state index is -0.286. The Bertz CT molecular complexity index is 793. The van der Waals surface area contributed by atoms with Gasteiger partial charge in [-0.2, -0.15) is 0 Å². The van der Waals surface area contributed by atoms with Crippen molar-refractivity contribution >= 4 is 0 Å². The van der Waals surface area contributed by atoms with Gasteiger partial charge in [0.1, 0.15) is 25.1 Å². The third-order valence-electron chi connectivity index (χ3n) is 3.45. The second-order valence-electron chi connectivity index (χ2n) is 5.07. The van der Waals surface area contributed by atoms with E-state index in [2.05, 4.69) is 15.6 Å². The zero-order valence-corrected chi connectivity index (χ0v) is 13.1. The van der Waals surface area contributed by atoms with Crippen LogP contribution < -0.4 is 14.9 Å². The average Bonchev–Trinajstić information content (AvgIpc) is 3.13. The van der Waals surface area contributed by atoms with E-state index in [9.17, 15) is 4.39 Å². The van der Waals surface area contributed by atoms with Crippen LogP contribution in [0.15, 0.2) is 55.1 Å². The summed E-state index contributed by atoms with van der Waals surface area (Å²) in [7, 11) is 1.57. The first-order valence-electron chi connectivity index (χ1n) is 7.38. The summed E-state index contributed by atoms with van der Waals surface area (Å²) in [6.45, 7) is 0.712. The molecule has 3 aromatic rings. The van der Waals surface area contributed by atoms with E-state index in [1.165, 1.54) is 6.07 Å². The van der Waals surface area contributed by atoms with Crippen molar-refractivity contribution in [1.29, 1.82) is 0 Å². The Morgan fingerprint density at radius 3 is 2.62 bits per heavy atom. The molecule has 1 aromatic heterocycles. The van der Waals surface area contributed by atoms with Crippen LogP contribution in [-0.2, 0) is 13.2 Å². The molecule has 0 fully saturated rings. The second-order valence-corrected chi connectivity index (χ2v) is 5.07. The third kappa shape index (κ3) is 3.81. The van der Waals surface area contributed by atoms with Crippen LogP contribution in [0.3, 0.4) is 0 Å². The molecule has 1 heterocycles. The summed E-state index contributed by atoms with van der Waals surface area (Å²) in [5.41, 5.74) is 4.62. The van der Waals surface area contributed by atoms with Crippen molar-refractivity contribution < 1.29 is 13.9 Å². The summed E-state index contributed by atoms with van der Waals surface area (Å²) in [5, 5.41) is 7.44. The molecule has 24 heavy (non-hydrogen) atoms. The SMILES string of the molecule is COc1cc(CNn2cnnc2)ccc1OCc1ccccc1F. The summed E-state index contributed by atoms with van der Waals surface area (Å²) in [4.78, 5) is 0. The molecule has 6 nitrogen and oxygen atoms in total. The first-order chi connectivity index (χ1) is 11.8. The summed E-state index contributed by atoms with van der Waals surface area (Å²) in [6, 6.07) is 12.1. The van der Waals surface area contributed by atoms with Gasteiger partial charge in [0.25, 0.3) is 0 Å². The van der Waals surface area contributed by atoms with Gasteiger partial charge in [-0.1, -0.05) is 24.3 Å². The summed E-state index contributed by atoms with van der Waals surface area (Å²) < 4.78 is 26.4. The molecule has 0 saturated carbocycles. The molecule has 3 rings (SSSR count). The summed E-state index contributed by atoms with van der Waals surface area (Å²) in [5.74, 6) is 0.870. The van der Waals surface area contributed by atoms with E-state index in [1.807, 2.05) is 18.2 Å². The lowest BCUT2D eigenvalue weighted by atomic mass is 10.2. The molecule has 124 valence electrons. The minimum Gasteiger partial charge on any atom is -0.493 e. The molecule has 7 heteroatoms. The number of rotatable bonds is 7. The normalized spacial score (nSPS) is 10.4. The van der Waals surface area contributed by atoms with Crippen LogP contribution in [0, 0.1) is 5.82 Å². The van der Waals surface area contributed by atoms with Gasteiger partial charge in [-0.15, -0.1) is 10.2 Å². The van der Waals surface area contributed by atoms with Gasteiger partial charge >= 0.3 is 0 Å². The van der Waals surface area contributed by atoms with E-state index in [4.69, 9.17) is 9.47 Å². The maximum absolute atomic E-state index is 13.6. The average molecular weight is 328 g/mol. The molecule has 0 bridgehead atoms. The monoisotopic (exact) mass is 328 g/mol. The molecule has 0 saturated heterocycles. The number of hydrogen-bond donors (Lipinski definition) is 1. The summed E-state index contributed by atoms with van der Waals surface area (Å²) in [6.07, 6.45) is 3.15. The van der Waals surface area contributed by atoms with E-state index < -0.39 is 0 Å². The summed E-state index contributed by atoms with van der Waals surface area (Å²) >= 11 is 0. The zero-order valence-electron chi connectivity index (χ0n) is 13.1. The van der Waals surface area contributed by atoms with Gasteiger partial charge in [0.15, 0.2) is 11.5 Å². The maximum Gasteiger partial charge on any atom is 0.161 e. The van der Waals surface area contributed by atoms with Gasteiger partial charge < -0.3 is 14.9 Å². The lowest BCUT2D eigenvalue weighted by Gasteiger charge is -2.13. The highest BCUT2D eigenvalue weighted by atomic mass is 19.1. The van der Waals surface area contributed by atoms with Gasteiger partial charge in [0.2, 0.25) is 0 Å². The Balaban J connectivity index is 1.66. The van der Waals surface area contributed by atoms with Crippen LogP contribution in [-0.4, -0.2) is 22.0 Å². The molecule has 0 unspecified atom stereocenters. The van der Waals surface area contributed by atoms with E-state index in [-0.39, 0.29) is 12.4 Å². The largest absolute Gasteiger partial charge is 0.493 e. The number of hydrogen-bond acceptors (Lipinski definition) is 5. The molecule has 1 N–H and O–H groups in total. The van der Waals surface area contributed by atoms with Crippen molar-refractivity contribution in [3.05, 3.63) is 72.1 Å². The predicted octanol–water partition coefficient (Wildman–Crippen LogP) is 2.75. The van der Waals surface area contributed by atoms with Crippen LogP contribution in [0.5, 0.6) is 11.5 Å². The van der Waals surface area contributed by atoms with E-state index in [0.717, 1.165) is 5.56 Å². The highest BCUT2D eigenvalue weighted by Gasteiger charge is 2.08. The molecule has 0 radical (unpaired) electrons. The number of nitrogens with zero attached hydrogens (tertiary/aromatic N) is 3. The van der Waals surface area contributed by atoms with E-state index >= 15 is 0 Å². The Hall–Kier alpha value is -3.09. The fourth-order valence-electron chi connectivity index (χ4n) is 2.18. The topological polar surface area (TPSA) is 61.2 Å². The number of methoxy groups -OCH3 is 1.